The van der Waals surface area contributed by atoms with Crippen molar-refractivity contribution in [3.05, 3.63) is 53.0 Å². The molecule has 2 rings (SSSR count). The van der Waals surface area contributed by atoms with Gasteiger partial charge in [-0.25, -0.2) is 12.7 Å². The molecule has 140 valence electrons. The summed E-state index contributed by atoms with van der Waals surface area (Å²) in [4.78, 5) is 12.0. The van der Waals surface area contributed by atoms with Gasteiger partial charge in [0.2, 0.25) is 10.0 Å². The second kappa shape index (κ2) is 9.16. The molecule has 0 atom stereocenters. The summed E-state index contributed by atoms with van der Waals surface area (Å²) in [5.41, 5.74) is 0. The van der Waals surface area contributed by atoms with Crippen molar-refractivity contribution in [2.75, 3.05) is 20.7 Å². The number of hydrogen-bond donors (Lipinski definition) is 0. The van der Waals surface area contributed by atoms with E-state index < -0.39 is 16.0 Å². The van der Waals surface area contributed by atoms with Crippen LogP contribution in [0.4, 0.5) is 0 Å². The van der Waals surface area contributed by atoms with E-state index in [1.54, 1.807) is 36.4 Å². The maximum absolute atomic E-state index is 12.5. The van der Waals surface area contributed by atoms with Crippen molar-refractivity contribution in [1.29, 1.82) is 0 Å². The predicted octanol–water partition coefficient (Wildman–Crippen LogP) is 3.46. The summed E-state index contributed by atoms with van der Waals surface area (Å²) in [6, 6.07) is 13.1. The highest BCUT2D eigenvalue weighted by Gasteiger charge is 2.20. The molecule has 0 spiro atoms. The number of esters is 1. The number of carbonyl (C=O) groups is 1. The highest BCUT2D eigenvalue weighted by Crippen LogP contribution is 2.19. The first-order valence-electron chi connectivity index (χ1n) is 7.89. The number of sulfonamides is 1. The van der Waals surface area contributed by atoms with Crippen LogP contribution in [0.5, 0.6) is 11.5 Å². The van der Waals surface area contributed by atoms with Crippen LogP contribution >= 0.6 is 15.9 Å². The Bertz CT molecular complexity index is 835. The van der Waals surface area contributed by atoms with E-state index in [4.69, 9.17) is 9.47 Å². The molecule has 26 heavy (non-hydrogen) atoms. The highest BCUT2D eigenvalue weighted by molar-refractivity contribution is 9.10. The van der Waals surface area contributed by atoms with Crippen molar-refractivity contribution in [1.82, 2.24) is 4.31 Å². The second-order valence-electron chi connectivity index (χ2n) is 5.53. The summed E-state index contributed by atoms with van der Waals surface area (Å²) < 4.78 is 37.3. The molecule has 0 aliphatic heterocycles. The summed E-state index contributed by atoms with van der Waals surface area (Å²) in [6.45, 7) is 0.212. The lowest BCUT2D eigenvalue weighted by Crippen LogP contribution is -2.28. The number of methoxy groups -OCH3 is 1. The maximum atomic E-state index is 12.5. The lowest BCUT2D eigenvalue weighted by atomic mass is 10.3. The summed E-state index contributed by atoms with van der Waals surface area (Å²) in [5, 5.41) is 0. The molecule has 2 aromatic rings. The Hall–Kier alpha value is -1.90. The van der Waals surface area contributed by atoms with Gasteiger partial charge >= 0.3 is 5.97 Å². The zero-order valence-corrected chi connectivity index (χ0v) is 16.9. The van der Waals surface area contributed by atoms with Crippen LogP contribution in [0.15, 0.2) is 57.9 Å². The fourth-order valence-corrected chi connectivity index (χ4v) is 3.65. The van der Waals surface area contributed by atoms with Crippen LogP contribution < -0.4 is 9.47 Å². The van der Waals surface area contributed by atoms with Crippen LogP contribution in [-0.4, -0.2) is 39.4 Å². The number of halogens is 1. The number of rotatable bonds is 8. The number of hydrogen-bond acceptors (Lipinski definition) is 5. The van der Waals surface area contributed by atoms with Gasteiger partial charge in [-0.1, -0.05) is 15.9 Å². The minimum absolute atomic E-state index is 0.124. The summed E-state index contributed by atoms with van der Waals surface area (Å²) in [5.74, 6) is 0.641. The molecular weight excluding hydrogens is 422 g/mol. The van der Waals surface area contributed by atoms with Crippen LogP contribution in [0.3, 0.4) is 0 Å². The second-order valence-corrected chi connectivity index (χ2v) is 8.49. The van der Waals surface area contributed by atoms with Gasteiger partial charge in [0.15, 0.2) is 0 Å². The molecule has 2 aromatic carbocycles. The van der Waals surface area contributed by atoms with Crippen LogP contribution in [0.25, 0.3) is 0 Å². The molecule has 0 aliphatic carbocycles. The lowest BCUT2D eigenvalue weighted by Gasteiger charge is -2.17. The molecular formula is C18H20BrNO5S. The SMILES string of the molecule is COc1ccc(S(=O)(=O)N(C)CCCC(=O)Oc2ccc(Br)cc2)cc1. The number of carbonyl (C=O) groups excluding carboxylic acids is 1. The molecule has 0 bridgehead atoms. The monoisotopic (exact) mass is 441 g/mol. The van der Waals surface area contributed by atoms with Crippen molar-refractivity contribution in [2.45, 2.75) is 17.7 Å². The summed E-state index contributed by atoms with van der Waals surface area (Å²) >= 11 is 3.31. The average molecular weight is 442 g/mol. The Kier molecular flexibility index (Phi) is 7.19. The first-order valence-corrected chi connectivity index (χ1v) is 10.1. The molecule has 0 aromatic heterocycles. The molecule has 0 N–H and O–H groups in total. The predicted molar refractivity (Wildman–Crippen MR) is 102 cm³/mol. The number of ether oxygens (including phenoxy) is 2. The molecule has 0 fully saturated rings. The summed E-state index contributed by atoms with van der Waals surface area (Å²) in [7, 11) is -0.603. The number of nitrogens with zero attached hydrogens (tertiary/aromatic N) is 1. The Morgan fingerprint density at radius 2 is 1.62 bits per heavy atom. The van der Waals surface area contributed by atoms with Gasteiger partial charge in [0.25, 0.3) is 0 Å². The highest BCUT2D eigenvalue weighted by atomic mass is 79.9. The fraction of sp³-hybridized carbons (Fsp3) is 0.278. The van der Waals surface area contributed by atoms with Crippen LogP contribution in [-0.2, 0) is 14.8 Å². The molecule has 0 saturated heterocycles. The third kappa shape index (κ3) is 5.55. The van der Waals surface area contributed by atoms with Crippen LogP contribution in [0, 0.1) is 0 Å². The van der Waals surface area contributed by atoms with E-state index in [2.05, 4.69) is 15.9 Å². The molecule has 0 unspecified atom stereocenters. The standard InChI is InChI=1S/C18H20BrNO5S/c1-20(26(22,23)17-11-9-15(24-2)10-12-17)13-3-4-18(21)25-16-7-5-14(19)6-8-16/h5-12H,3-4,13H2,1-2H3. The van der Waals surface area contributed by atoms with E-state index in [-0.39, 0.29) is 17.9 Å². The molecule has 0 heterocycles. The van der Waals surface area contributed by atoms with Gasteiger partial charge in [0.05, 0.1) is 12.0 Å². The number of benzene rings is 2. The summed E-state index contributed by atoms with van der Waals surface area (Å²) in [6.07, 6.45) is 0.486. The topological polar surface area (TPSA) is 72.9 Å². The van der Waals surface area contributed by atoms with E-state index >= 15 is 0 Å². The maximum Gasteiger partial charge on any atom is 0.311 e. The third-order valence-electron chi connectivity index (χ3n) is 3.67. The van der Waals surface area contributed by atoms with Gasteiger partial charge in [-0.15, -0.1) is 0 Å². The van der Waals surface area contributed by atoms with Crippen molar-refractivity contribution >= 4 is 31.9 Å². The minimum atomic E-state index is -3.61. The minimum Gasteiger partial charge on any atom is -0.497 e. The van der Waals surface area contributed by atoms with Gasteiger partial charge < -0.3 is 9.47 Å². The molecule has 0 aliphatic rings. The zero-order valence-electron chi connectivity index (χ0n) is 14.5. The van der Waals surface area contributed by atoms with Gasteiger partial charge in [-0.3, -0.25) is 4.79 Å². The van der Waals surface area contributed by atoms with Crippen molar-refractivity contribution < 1.29 is 22.7 Å². The third-order valence-corrected chi connectivity index (χ3v) is 6.07. The Balaban J connectivity index is 1.85. The first kappa shape index (κ1) is 20.4. The Labute approximate surface area is 161 Å². The average Bonchev–Trinajstić information content (AvgIpc) is 2.63. The van der Waals surface area contributed by atoms with Gasteiger partial charge in [0.1, 0.15) is 11.5 Å². The van der Waals surface area contributed by atoms with E-state index in [0.29, 0.717) is 17.9 Å². The van der Waals surface area contributed by atoms with Crippen LogP contribution in [0.1, 0.15) is 12.8 Å². The van der Waals surface area contributed by atoms with Gasteiger partial charge in [-0.05, 0) is 55.0 Å². The fourth-order valence-electron chi connectivity index (χ4n) is 2.18. The van der Waals surface area contributed by atoms with E-state index in [1.807, 2.05) is 0 Å². The molecule has 8 heteroatoms. The Morgan fingerprint density at radius 1 is 1.04 bits per heavy atom. The Morgan fingerprint density at radius 3 is 2.19 bits per heavy atom. The van der Waals surface area contributed by atoms with Gasteiger partial charge in [0, 0.05) is 24.5 Å². The van der Waals surface area contributed by atoms with E-state index in [1.165, 1.54) is 30.6 Å². The van der Waals surface area contributed by atoms with E-state index in [0.717, 1.165) is 4.47 Å². The zero-order chi connectivity index (χ0) is 19.2. The quantitative estimate of drug-likeness (QED) is 0.463. The molecule has 6 nitrogen and oxygen atoms in total. The van der Waals surface area contributed by atoms with Crippen LogP contribution in [0.2, 0.25) is 0 Å². The smallest absolute Gasteiger partial charge is 0.311 e. The van der Waals surface area contributed by atoms with Crippen molar-refractivity contribution in [2.24, 2.45) is 0 Å². The van der Waals surface area contributed by atoms with Gasteiger partial charge in [-0.2, -0.15) is 0 Å². The van der Waals surface area contributed by atoms with E-state index in [9.17, 15) is 13.2 Å². The normalized spacial score (nSPS) is 11.4. The molecule has 0 radical (unpaired) electrons. The molecule has 0 saturated carbocycles. The molecule has 0 amide bonds. The lowest BCUT2D eigenvalue weighted by molar-refractivity contribution is -0.134. The largest absolute Gasteiger partial charge is 0.497 e. The first-order chi connectivity index (χ1) is 12.3. The van der Waals surface area contributed by atoms with Crippen molar-refractivity contribution in [3.63, 3.8) is 0 Å². The van der Waals surface area contributed by atoms with Crippen molar-refractivity contribution in [3.8, 4) is 11.5 Å².